The van der Waals surface area contributed by atoms with Crippen LogP contribution in [-0.4, -0.2) is 80.1 Å². The van der Waals surface area contributed by atoms with Crippen LogP contribution in [0.3, 0.4) is 0 Å². The van der Waals surface area contributed by atoms with Crippen molar-refractivity contribution >= 4 is 17.8 Å². The average Bonchev–Trinajstić information content (AvgIpc) is 3.31. The third kappa shape index (κ3) is 5.47. The van der Waals surface area contributed by atoms with Crippen LogP contribution in [0.15, 0.2) is 29.3 Å². The van der Waals surface area contributed by atoms with Crippen LogP contribution in [0, 0.1) is 0 Å². The second kappa shape index (κ2) is 10.2. The summed E-state index contributed by atoms with van der Waals surface area (Å²) in [5.74, 6) is 0.885. The van der Waals surface area contributed by atoms with Crippen LogP contribution in [0.25, 0.3) is 0 Å². The molecule has 2 saturated heterocycles. The Kier molecular flexibility index (Phi) is 7.46. The Labute approximate surface area is 172 Å². The first-order chi connectivity index (χ1) is 14.1. The van der Waals surface area contributed by atoms with Gasteiger partial charge in [0.2, 0.25) is 0 Å². The molecule has 2 fully saturated rings. The van der Waals surface area contributed by atoms with E-state index in [2.05, 4.69) is 15.5 Å². The Balaban J connectivity index is 1.56. The number of nitrogens with zero attached hydrogens (tertiary/aromatic N) is 3. The number of hydrogen-bond acceptors (Lipinski definition) is 4. The molecule has 0 bridgehead atoms. The molecule has 1 aromatic rings. The van der Waals surface area contributed by atoms with Crippen LogP contribution in [0.4, 0.5) is 0 Å². The Morgan fingerprint density at radius 3 is 2.41 bits per heavy atom. The molecular formula is C21H31N5O3. The van der Waals surface area contributed by atoms with Crippen LogP contribution in [-0.2, 0) is 16.1 Å². The molecule has 1 unspecified atom stereocenters. The zero-order valence-electron chi connectivity index (χ0n) is 17.3. The van der Waals surface area contributed by atoms with Crippen LogP contribution in [0.5, 0.6) is 0 Å². The molecule has 8 heteroatoms. The number of nitrogens with one attached hydrogen (secondary N) is 2. The Morgan fingerprint density at radius 2 is 1.83 bits per heavy atom. The van der Waals surface area contributed by atoms with Gasteiger partial charge in [0.05, 0.1) is 6.54 Å². The predicted molar refractivity (Wildman–Crippen MR) is 112 cm³/mol. The van der Waals surface area contributed by atoms with E-state index < -0.39 is 0 Å². The summed E-state index contributed by atoms with van der Waals surface area (Å²) in [6.45, 7) is 6.92. The molecule has 2 heterocycles. The van der Waals surface area contributed by atoms with Crippen molar-refractivity contribution in [3.8, 4) is 0 Å². The molecule has 0 saturated carbocycles. The van der Waals surface area contributed by atoms with Crippen LogP contribution >= 0.6 is 0 Å². The van der Waals surface area contributed by atoms with Crippen molar-refractivity contribution in [2.24, 2.45) is 4.99 Å². The highest BCUT2D eigenvalue weighted by Gasteiger charge is 2.30. The number of carbonyl (C=O) groups is 2. The van der Waals surface area contributed by atoms with Gasteiger partial charge in [-0.1, -0.05) is 12.1 Å². The van der Waals surface area contributed by atoms with Gasteiger partial charge in [-0.15, -0.1) is 0 Å². The lowest BCUT2D eigenvalue weighted by atomic mass is 10.1. The van der Waals surface area contributed by atoms with Gasteiger partial charge in [-0.05, 0) is 37.5 Å². The Hall–Kier alpha value is -2.61. The van der Waals surface area contributed by atoms with Crippen molar-refractivity contribution in [2.45, 2.75) is 32.4 Å². The molecule has 2 amide bonds. The first kappa shape index (κ1) is 21.1. The van der Waals surface area contributed by atoms with E-state index in [1.807, 2.05) is 36.1 Å². The van der Waals surface area contributed by atoms with Gasteiger partial charge in [-0.25, -0.2) is 4.99 Å². The highest BCUT2D eigenvalue weighted by molar-refractivity contribution is 5.93. The van der Waals surface area contributed by atoms with Crippen molar-refractivity contribution in [1.29, 1.82) is 0 Å². The predicted octanol–water partition coefficient (Wildman–Crippen LogP) is 0.835. The lowest BCUT2D eigenvalue weighted by Gasteiger charge is -2.37. The molecule has 2 aliphatic rings. The van der Waals surface area contributed by atoms with Gasteiger partial charge in [-0.3, -0.25) is 9.59 Å². The van der Waals surface area contributed by atoms with Crippen LogP contribution < -0.4 is 10.6 Å². The molecule has 1 aromatic carbocycles. The van der Waals surface area contributed by atoms with Gasteiger partial charge >= 0.3 is 0 Å². The summed E-state index contributed by atoms with van der Waals surface area (Å²) in [4.78, 5) is 33.0. The van der Waals surface area contributed by atoms with E-state index in [9.17, 15) is 9.59 Å². The van der Waals surface area contributed by atoms with Crippen LogP contribution in [0.1, 0.15) is 35.7 Å². The number of guanidine groups is 1. The third-order valence-corrected chi connectivity index (χ3v) is 5.29. The van der Waals surface area contributed by atoms with Gasteiger partial charge in [0, 0.05) is 51.9 Å². The fourth-order valence-corrected chi connectivity index (χ4v) is 3.61. The van der Waals surface area contributed by atoms with Crippen molar-refractivity contribution < 1.29 is 14.3 Å². The van der Waals surface area contributed by atoms with Crippen molar-refractivity contribution in [1.82, 2.24) is 20.4 Å². The number of rotatable bonds is 5. The number of amides is 2. The molecule has 1 atom stereocenters. The van der Waals surface area contributed by atoms with E-state index in [1.54, 1.807) is 7.05 Å². The molecule has 158 valence electrons. The fraction of sp³-hybridized carbons (Fsp3) is 0.571. The van der Waals surface area contributed by atoms with Crippen molar-refractivity contribution in [3.05, 3.63) is 35.4 Å². The summed E-state index contributed by atoms with van der Waals surface area (Å²) in [6, 6.07) is 7.48. The normalized spacial score (nSPS) is 19.9. The van der Waals surface area contributed by atoms with Crippen molar-refractivity contribution in [3.63, 3.8) is 0 Å². The summed E-state index contributed by atoms with van der Waals surface area (Å²) < 4.78 is 5.53. The first-order valence-electron chi connectivity index (χ1n) is 10.4. The lowest BCUT2D eigenvalue weighted by Crippen LogP contribution is -2.55. The van der Waals surface area contributed by atoms with Crippen molar-refractivity contribution in [2.75, 3.05) is 46.4 Å². The maximum atomic E-state index is 12.5. The maximum Gasteiger partial charge on any atom is 0.251 e. The van der Waals surface area contributed by atoms with Gasteiger partial charge in [-0.2, -0.15) is 0 Å². The maximum absolute atomic E-state index is 12.5. The molecule has 0 radical (unpaired) electrons. The number of piperazine rings is 1. The van der Waals surface area contributed by atoms with E-state index >= 15 is 0 Å². The number of aliphatic imine (C=N–C) groups is 1. The van der Waals surface area contributed by atoms with E-state index in [0.717, 1.165) is 44.0 Å². The second-order valence-electron chi connectivity index (χ2n) is 7.26. The van der Waals surface area contributed by atoms with Gasteiger partial charge in [0.15, 0.2) is 5.96 Å². The second-order valence-corrected chi connectivity index (χ2v) is 7.26. The number of benzene rings is 1. The van der Waals surface area contributed by atoms with Gasteiger partial charge in [0.1, 0.15) is 6.10 Å². The molecular weight excluding hydrogens is 370 g/mol. The quantitative estimate of drug-likeness (QED) is 0.564. The largest absolute Gasteiger partial charge is 0.368 e. The lowest BCUT2D eigenvalue weighted by molar-refractivity contribution is -0.142. The minimum atomic E-state index is -0.249. The molecule has 3 rings (SSSR count). The smallest absolute Gasteiger partial charge is 0.251 e. The number of hydrogen-bond donors (Lipinski definition) is 2. The molecule has 2 aliphatic heterocycles. The van der Waals surface area contributed by atoms with Gasteiger partial charge in [0.25, 0.3) is 11.8 Å². The summed E-state index contributed by atoms with van der Waals surface area (Å²) in [5, 5.41) is 5.97. The van der Waals surface area contributed by atoms with Gasteiger partial charge < -0.3 is 25.2 Å². The van der Waals surface area contributed by atoms with E-state index in [0.29, 0.717) is 31.8 Å². The molecule has 29 heavy (non-hydrogen) atoms. The average molecular weight is 402 g/mol. The minimum absolute atomic E-state index is 0.0937. The Bertz CT molecular complexity index is 720. The number of carbonyl (C=O) groups excluding carboxylic acids is 2. The first-order valence-corrected chi connectivity index (χ1v) is 10.4. The zero-order valence-corrected chi connectivity index (χ0v) is 17.3. The molecule has 8 nitrogen and oxygen atoms in total. The summed E-state index contributed by atoms with van der Waals surface area (Å²) in [5.41, 5.74) is 1.68. The summed E-state index contributed by atoms with van der Waals surface area (Å²) in [6.07, 6.45) is 1.56. The summed E-state index contributed by atoms with van der Waals surface area (Å²) >= 11 is 0. The minimum Gasteiger partial charge on any atom is -0.368 e. The highest BCUT2D eigenvalue weighted by atomic mass is 16.5. The molecule has 0 aliphatic carbocycles. The fourth-order valence-electron chi connectivity index (χ4n) is 3.61. The van der Waals surface area contributed by atoms with E-state index in [-0.39, 0.29) is 17.9 Å². The SMILES string of the molecule is CCNC(=NCc1ccc(C(=O)NC)cc1)N1CCN(C(=O)C2CCCO2)CC1. The zero-order chi connectivity index (χ0) is 20.6. The highest BCUT2D eigenvalue weighted by Crippen LogP contribution is 2.16. The third-order valence-electron chi connectivity index (χ3n) is 5.29. The monoisotopic (exact) mass is 401 g/mol. The molecule has 2 N–H and O–H groups in total. The molecule has 0 spiro atoms. The standard InChI is InChI=1S/C21H31N5O3/c1-3-23-21(24-15-16-6-8-17(9-7-16)19(27)22-2)26-12-10-25(11-13-26)20(28)18-5-4-14-29-18/h6-9,18H,3-5,10-15H2,1-2H3,(H,22,27)(H,23,24). The number of ether oxygens (including phenoxy) is 1. The Morgan fingerprint density at radius 1 is 1.14 bits per heavy atom. The molecule has 0 aromatic heterocycles. The van der Waals surface area contributed by atoms with E-state index in [1.165, 1.54) is 0 Å². The van der Waals surface area contributed by atoms with E-state index in [4.69, 9.17) is 9.73 Å². The summed E-state index contributed by atoms with van der Waals surface area (Å²) in [7, 11) is 1.62. The topological polar surface area (TPSA) is 86.3 Å². The van der Waals surface area contributed by atoms with Crippen LogP contribution in [0.2, 0.25) is 0 Å².